The smallest absolute Gasteiger partial charge is 0.261 e. The number of carbonyl (C=O) groups is 2. The standard InChI is InChI=1S/C15H16N2O3S/c18-12-6-2-1-5-11(12)17-14(19)8-3-9-16-15(20)13-7-4-10-21-13/h1-2,4-7,10,18H,3,8-9H2,(H,16,20)(H,17,19). The summed E-state index contributed by atoms with van der Waals surface area (Å²) in [5, 5.41) is 16.8. The molecule has 0 bridgehead atoms. The molecule has 0 spiro atoms. The molecule has 1 aromatic heterocycles. The van der Waals surface area contributed by atoms with Gasteiger partial charge in [0.1, 0.15) is 5.75 Å². The summed E-state index contributed by atoms with van der Waals surface area (Å²) in [4.78, 5) is 24.0. The van der Waals surface area contributed by atoms with Gasteiger partial charge in [0.2, 0.25) is 5.91 Å². The molecule has 2 rings (SSSR count). The van der Waals surface area contributed by atoms with Gasteiger partial charge in [0, 0.05) is 13.0 Å². The molecule has 6 heteroatoms. The molecule has 0 atom stereocenters. The fourth-order valence-electron chi connectivity index (χ4n) is 1.74. The number of hydrogen-bond donors (Lipinski definition) is 3. The summed E-state index contributed by atoms with van der Waals surface area (Å²) in [5.41, 5.74) is 0.394. The molecule has 21 heavy (non-hydrogen) atoms. The molecule has 0 radical (unpaired) electrons. The SMILES string of the molecule is O=C(CCCNC(=O)c1cccs1)Nc1ccccc1O. The average molecular weight is 304 g/mol. The molecule has 0 aliphatic heterocycles. The van der Waals surface area contributed by atoms with Crippen LogP contribution in [0.5, 0.6) is 5.75 Å². The predicted octanol–water partition coefficient (Wildman–Crippen LogP) is 2.60. The van der Waals surface area contributed by atoms with Gasteiger partial charge in [-0.2, -0.15) is 0 Å². The van der Waals surface area contributed by atoms with Gasteiger partial charge in [-0.3, -0.25) is 9.59 Å². The first kappa shape index (κ1) is 15.1. The molecule has 0 saturated heterocycles. The zero-order chi connectivity index (χ0) is 15.1. The van der Waals surface area contributed by atoms with E-state index in [2.05, 4.69) is 10.6 Å². The molecular weight excluding hydrogens is 288 g/mol. The highest BCUT2D eigenvalue weighted by Gasteiger charge is 2.07. The van der Waals surface area contributed by atoms with Crippen LogP contribution in [0, 0.1) is 0 Å². The number of phenolic OH excluding ortho intramolecular Hbond substituents is 1. The number of phenols is 1. The Hall–Kier alpha value is -2.34. The van der Waals surface area contributed by atoms with Crippen molar-refractivity contribution < 1.29 is 14.7 Å². The number of carbonyl (C=O) groups excluding carboxylic acids is 2. The number of thiophene rings is 1. The Morgan fingerprint density at radius 3 is 2.67 bits per heavy atom. The van der Waals surface area contributed by atoms with Gasteiger partial charge in [0.25, 0.3) is 5.91 Å². The number of nitrogens with one attached hydrogen (secondary N) is 2. The summed E-state index contributed by atoms with van der Waals surface area (Å²) in [6, 6.07) is 10.1. The maximum atomic E-state index is 11.7. The Morgan fingerprint density at radius 2 is 1.95 bits per heavy atom. The molecule has 2 amide bonds. The molecule has 3 N–H and O–H groups in total. The normalized spacial score (nSPS) is 10.1. The van der Waals surface area contributed by atoms with Crippen LogP contribution < -0.4 is 10.6 Å². The Balaban J connectivity index is 1.68. The van der Waals surface area contributed by atoms with Gasteiger partial charge in [0.15, 0.2) is 0 Å². The summed E-state index contributed by atoms with van der Waals surface area (Å²) in [7, 11) is 0. The van der Waals surface area contributed by atoms with Gasteiger partial charge in [-0.05, 0) is 30.0 Å². The molecule has 110 valence electrons. The zero-order valence-electron chi connectivity index (χ0n) is 11.3. The van der Waals surface area contributed by atoms with Gasteiger partial charge in [0.05, 0.1) is 10.6 Å². The number of benzene rings is 1. The Labute approximate surface area is 126 Å². The molecule has 0 aliphatic rings. The second kappa shape index (κ2) is 7.44. The number of amides is 2. The van der Waals surface area contributed by atoms with Crippen molar-refractivity contribution in [2.24, 2.45) is 0 Å². The monoisotopic (exact) mass is 304 g/mol. The van der Waals surface area contributed by atoms with Crippen molar-refractivity contribution in [3.63, 3.8) is 0 Å². The van der Waals surface area contributed by atoms with Crippen LogP contribution in [0.1, 0.15) is 22.5 Å². The minimum absolute atomic E-state index is 0.0387. The van der Waals surface area contributed by atoms with Crippen molar-refractivity contribution >= 4 is 28.8 Å². The molecule has 1 heterocycles. The Morgan fingerprint density at radius 1 is 1.14 bits per heavy atom. The summed E-state index contributed by atoms with van der Waals surface area (Å²) in [6.07, 6.45) is 0.815. The molecule has 0 saturated carbocycles. The number of aromatic hydroxyl groups is 1. The van der Waals surface area contributed by atoms with Crippen LogP contribution in [-0.4, -0.2) is 23.5 Å². The van der Waals surface area contributed by atoms with Crippen LogP contribution in [0.25, 0.3) is 0 Å². The third-order valence-corrected chi connectivity index (χ3v) is 3.66. The van der Waals surface area contributed by atoms with E-state index in [0.29, 0.717) is 23.5 Å². The third kappa shape index (κ3) is 4.61. The van der Waals surface area contributed by atoms with E-state index in [1.54, 1.807) is 24.3 Å². The largest absolute Gasteiger partial charge is 0.506 e. The zero-order valence-corrected chi connectivity index (χ0v) is 12.2. The van der Waals surface area contributed by atoms with E-state index in [1.807, 2.05) is 11.4 Å². The van der Waals surface area contributed by atoms with E-state index in [-0.39, 0.29) is 24.0 Å². The van der Waals surface area contributed by atoms with Gasteiger partial charge in [-0.25, -0.2) is 0 Å². The van der Waals surface area contributed by atoms with Gasteiger partial charge >= 0.3 is 0 Å². The molecular formula is C15H16N2O3S. The fraction of sp³-hybridized carbons (Fsp3) is 0.200. The van der Waals surface area contributed by atoms with Crippen molar-refractivity contribution in [3.8, 4) is 5.75 Å². The molecule has 0 unspecified atom stereocenters. The maximum Gasteiger partial charge on any atom is 0.261 e. The Kier molecular flexibility index (Phi) is 5.34. The lowest BCUT2D eigenvalue weighted by molar-refractivity contribution is -0.116. The first-order valence-corrected chi connectivity index (χ1v) is 7.44. The van der Waals surface area contributed by atoms with E-state index in [1.165, 1.54) is 17.4 Å². The summed E-state index contributed by atoms with van der Waals surface area (Å²) in [6.45, 7) is 0.435. The van der Waals surface area contributed by atoms with E-state index in [4.69, 9.17) is 0 Å². The van der Waals surface area contributed by atoms with Crippen LogP contribution in [0.15, 0.2) is 41.8 Å². The van der Waals surface area contributed by atoms with Gasteiger partial charge < -0.3 is 15.7 Å². The number of para-hydroxylation sites is 2. The third-order valence-electron chi connectivity index (χ3n) is 2.79. The predicted molar refractivity (Wildman–Crippen MR) is 82.6 cm³/mol. The molecule has 2 aromatic rings. The highest BCUT2D eigenvalue weighted by Crippen LogP contribution is 2.21. The van der Waals surface area contributed by atoms with Crippen molar-refractivity contribution in [2.45, 2.75) is 12.8 Å². The van der Waals surface area contributed by atoms with E-state index in [0.717, 1.165) is 0 Å². The first-order valence-electron chi connectivity index (χ1n) is 6.56. The summed E-state index contributed by atoms with van der Waals surface area (Å²) in [5.74, 6) is -0.273. The second-order valence-corrected chi connectivity index (χ2v) is 5.35. The number of rotatable bonds is 6. The van der Waals surface area contributed by atoms with Crippen LogP contribution in [0.4, 0.5) is 5.69 Å². The molecule has 1 aromatic carbocycles. The van der Waals surface area contributed by atoms with Gasteiger partial charge in [-0.1, -0.05) is 18.2 Å². The number of anilines is 1. The highest BCUT2D eigenvalue weighted by molar-refractivity contribution is 7.12. The Bertz CT molecular complexity index is 611. The summed E-state index contributed by atoms with van der Waals surface area (Å²) >= 11 is 1.38. The van der Waals surface area contributed by atoms with Crippen LogP contribution in [-0.2, 0) is 4.79 Å². The minimum atomic E-state index is -0.193. The quantitative estimate of drug-likeness (QED) is 0.567. The lowest BCUT2D eigenvalue weighted by atomic mass is 10.2. The maximum absolute atomic E-state index is 11.7. The molecule has 0 aliphatic carbocycles. The highest BCUT2D eigenvalue weighted by atomic mass is 32.1. The lowest BCUT2D eigenvalue weighted by Crippen LogP contribution is -2.24. The van der Waals surface area contributed by atoms with E-state index in [9.17, 15) is 14.7 Å². The number of hydrogen-bond acceptors (Lipinski definition) is 4. The van der Waals surface area contributed by atoms with Crippen LogP contribution in [0.3, 0.4) is 0 Å². The molecule has 0 fully saturated rings. The van der Waals surface area contributed by atoms with Crippen molar-refractivity contribution in [1.82, 2.24) is 5.32 Å². The van der Waals surface area contributed by atoms with E-state index < -0.39 is 0 Å². The van der Waals surface area contributed by atoms with Crippen molar-refractivity contribution in [3.05, 3.63) is 46.7 Å². The lowest BCUT2D eigenvalue weighted by Gasteiger charge is -2.07. The molecule has 5 nitrogen and oxygen atoms in total. The fourth-order valence-corrected chi connectivity index (χ4v) is 2.38. The van der Waals surface area contributed by atoms with Crippen LogP contribution in [0.2, 0.25) is 0 Å². The summed E-state index contributed by atoms with van der Waals surface area (Å²) < 4.78 is 0. The van der Waals surface area contributed by atoms with E-state index >= 15 is 0 Å². The first-order chi connectivity index (χ1) is 10.2. The average Bonchev–Trinajstić information content (AvgIpc) is 3.00. The van der Waals surface area contributed by atoms with Crippen molar-refractivity contribution in [1.29, 1.82) is 0 Å². The van der Waals surface area contributed by atoms with Crippen molar-refractivity contribution in [2.75, 3.05) is 11.9 Å². The van der Waals surface area contributed by atoms with Gasteiger partial charge in [-0.15, -0.1) is 11.3 Å². The second-order valence-electron chi connectivity index (χ2n) is 4.40. The topological polar surface area (TPSA) is 78.4 Å². The minimum Gasteiger partial charge on any atom is -0.506 e. The van der Waals surface area contributed by atoms with Crippen LogP contribution >= 0.6 is 11.3 Å².